The fraction of sp³-hybridized carbons (Fsp3) is 0.684. The van der Waals surface area contributed by atoms with Crippen LogP contribution in [0, 0.1) is 45.8 Å². The molecule has 0 aromatic carbocycles. The number of nitriles is 2. The van der Waals surface area contributed by atoms with Gasteiger partial charge < -0.3 is 10.6 Å². The number of nitrogens with zero attached hydrogens (tertiary/aromatic N) is 2. The van der Waals surface area contributed by atoms with Crippen LogP contribution >= 0.6 is 11.8 Å². The maximum absolute atomic E-state index is 12.4. The van der Waals surface area contributed by atoms with Gasteiger partial charge >= 0.3 is 0 Å². The minimum atomic E-state index is -0.917. The fourth-order valence-electron chi connectivity index (χ4n) is 3.71. The van der Waals surface area contributed by atoms with Crippen molar-refractivity contribution in [2.24, 2.45) is 23.2 Å². The van der Waals surface area contributed by atoms with Gasteiger partial charge in [0.05, 0.1) is 28.5 Å². The molecule has 0 aromatic rings. The quantitative estimate of drug-likeness (QED) is 0.787. The number of hydrogen-bond donors (Lipinski definition) is 2. The Hall–Kier alpha value is -1.99. The molecule has 0 spiro atoms. The van der Waals surface area contributed by atoms with Gasteiger partial charge in [0.2, 0.25) is 11.8 Å². The van der Waals surface area contributed by atoms with Crippen LogP contribution in [0.25, 0.3) is 0 Å². The minimum Gasteiger partial charge on any atom is -0.352 e. The lowest BCUT2D eigenvalue weighted by Gasteiger charge is -2.35. The minimum absolute atomic E-state index is 0.0970. The van der Waals surface area contributed by atoms with Crippen LogP contribution in [0.5, 0.6) is 0 Å². The average Bonchev–Trinajstić information content (AvgIpc) is 2.56. The topological polar surface area (TPSA) is 106 Å². The molecule has 2 aliphatic rings. The van der Waals surface area contributed by atoms with E-state index in [2.05, 4.69) is 30.6 Å². The highest BCUT2D eigenvalue weighted by Crippen LogP contribution is 2.41. The molecule has 2 amide bonds. The van der Waals surface area contributed by atoms with Crippen LogP contribution in [0.2, 0.25) is 0 Å². The van der Waals surface area contributed by atoms with Crippen molar-refractivity contribution in [2.45, 2.75) is 53.0 Å². The molecule has 0 bridgehead atoms. The fourth-order valence-corrected chi connectivity index (χ4v) is 4.69. The van der Waals surface area contributed by atoms with E-state index in [4.69, 9.17) is 0 Å². The molecule has 7 heteroatoms. The maximum Gasteiger partial charge on any atom is 0.243 e. The monoisotopic (exact) mass is 374 g/mol. The second kappa shape index (κ2) is 8.14. The van der Waals surface area contributed by atoms with Crippen LogP contribution < -0.4 is 10.6 Å². The first-order chi connectivity index (χ1) is 12.2. The van der Waals surface area contributed by atoms with E-state index < -0.39 is 17.2 Å². The molecule has 2 rings (SSSR count). The van der Waals surface area contributed by atoms with Crippen molar-refractivity contribution in [2.75, 3.05) is 5.75 Å². The molecule has 1 aliphatic heterocycles. The summed E-state index contributed by atoms with van der Waals surface area (Å²) in [6.45, 7) is 7.81. The molecule has 0 saturated heterocycles. The smallest absolute Gasteiger partial charge is 0.243 e. The van der Waals surface area contributed by atoms with Gasteiger partial charge in [-0.1, -0.05) is 52.3 Å². The summed E-state index contributed by atoms with van der Waals surface area (Å²) < 4.78 is 0. The van der Waals surface area contributed by atoms with E-state index in [1.807, 2.05) is 6.07 Å². The van der Waals surface area contributed by atoms with Gasteiger partial charge in [0.15, 0.2) is 0 Å². The van der Waals surface area contributed by atoms with Gasteiger partial charge in [-0.3, -0.25) is 9.59 Å². The standard InChI is InChI=1S/C19H26N4O2S/c1-11-6-5-7-15(12(11)2)22-16(24)10-26-18-14(9-21)19(3,4)13(8-20)17(25)23-18/h11-13,15H,5-7,10H2,1-4H3,(H,22,24)(H,23,25)/t11-,12+,13+,15+/m0/s1. The average molecular weight is 375 g/mol. The first-order valence-electron chi connectivity index (χ1n) is 8.99. The molecule has 1 heterocycles. The van der Waals surface area contributed by atoms with Gasteiger partial charge in [0.1, 0.15) is 5.92 Å². The first kappa shape index (κ1) is 20.3. The van der Waals surface area contributed by atoms with Crippen molar-refractivity contribution < 1.29 is 9.59 Å². The van der Waals surface area contributed by atoms with Gasteiger partial charge in [-0.2, -0.15) is 10.5 Å². The third-order valence-corrected chi connectivity index (χ3v) is 6.74. The van der Waals surface area contributed by atoms with Gasteiger partial charge in [0, 0.05) is 11.5 Å². The second-order valence-electron chi connectivity index (χ2n) is 7.82. The summed E-state index contributed by atoms with van der Waals surface area (Å²) in [7, 11) is 0. The van der Waals surface area contributed by atoms with Crippen LogP contribution in [0.1, 0.15) is 47.0 Å². The number of allylic oxidation sites excluding steroid dienone is 1. The lowest BCUT2D eigenvalue weighted by atomic mass is 9.72. The van der Waals surface area contributed by atoms with E-state index in [0.29, 0.717) is 22.4 Å². The zero-order chi connectivity index (χ0) is 19.5. The predicted octanol–water partition coefficient (Wildman–Crippen LogP) is 2.69. The summed E-state index contributed by atoms with van der Waals surface area (Å²) in [5, 5.41) is 24.8. The number of rotatable bonds is 4. The van der Waals surface area contributed by atoms with Crippen molar-refractivity contribution in [3.63, 3.8) is 0 Å². The molecule has 1 saturated carbocycles. The van der Waals surface area contributed by atoms with E-state index in [1.54, 1.807) is 13.8 Å². The lowest BCUT2D eigenvalue weighted by Crippen LogP contribution is -2.46. The summed E-state index contributed by atoms with van der Waals surface area (Å²) in [4.78, 5) is 24.5. The summed E-state index contributed by atoms with van der Waals surface area (Å²) in [5.74, 6) is -0.271. The molecule has 2 N–H and O–H groups in total. The number of hydrogen-bond acceptors (Lipinski definition) is 5. The molecule has 26 heavy (non-hydrogen) atoms. The summed E-state index contributed by atoms with van der Waals surface area (Å²) >= 11 is 1.15. The van der Waals surface area contributed by atoms with Gasteiger partial charge in [-0.15, -0.1) is 0 Å². The molecular formula is C19H26N4O2S. The van der Waals surface area contributed by atoms with E-state index in [-0.39, 0.29) is 17.7 Å². The van der Waals surface area contributed by atoms with Crippen LogP contribution in [-0.4, -0.2) is 23.6 Å². The number of nitrogens with one attached hydrogen (secondary N) is 2. The van der Waals surface area contributed by atoms with Crippen LogP contribution in [0.4, 0.5) is 0 Å². The third-order valence-electron chi connectivity index (χ3n) is 5.73. The molecular weight excluding hydrogens is 348 g/mol. The summed E-state index contributed by atoms with van der Waals surface area (Å²) in [6, 6.07) is 4.26. The van der Waals surface area contributed by atoms with Crippen LogP contribution in [0.15, 0.2) is 10.6 Å². The van der Waals surface area contributed by atoms with Crippen molar-refractivity contribution in [3.8, 4) is 12.1 Å². The number of carbonyl (C=O) groups is 2. The highest BCUT2D eigenvalue weighted by atomic mass is 32.2. The highest BCUT2D eigenvalue weighted by Gasteiger charge is 2.44. The van der Waals surface area contributed by atoms with Crippen LogP contribution in [-0.2, 0) is 9.59 Å². The Morgan fingerprint density at radius 2 is 2.04 bits per heavy atom. The van der Waals surface area contributed by atoms with Crippen molar-refractivity contribution in [1.82, 2.24) is 10.6 Å². The van der Waals surface area contributed by atoms with E-state index >= 15 is 0 Å². The number of carbonyl (C=O) groups excluding carboxylic acids is 2. The van der Waals surface area contributed by atoms with Crippen molar-refractivity contribution in [3.05, 3.63) is 10.6 Å². The highest BCUT2D eigenvalue weighted by molar-refractivity contribution is 8.03. The Balaban J connectivity index is 2.04. The molecule has 140 valence electrons. The van der Waals surface area contributed by atoms with Gasteiger partial charge in [-0.05, 0) is 18.3 Å². The third kappa shape index (κ3) is 4.04. The molecule has 0 aromatic heterocycles. The lowest BCUT2D eigenvalue weighted by molar-refractivity contribution is -0.125. The summed E-state index contributed by atoms with van der Waals surface area (Å²) in [6.07, 6.45) is 3.30. The normalized spacial score (nSPS) is 30.8. The predicted molar refractivity (Wildman–Crippen MR) is 100 cm³/mol. The number of amides is 2. The zero-order valence-corrected chi connectivity index (χ0v) is 16.6. The second-order valence-corrected chi connectivity index (χ2v) is 8.80. The van der Waals surface area contributed by atoms with E-state index in [0.717, 1.165) is 24.6 Å². The van der Waals surface area contributed by atoms with Crippen molar-refractivity contribution >= 4 is 23.6 Å². The van der Waals surface area contributed by atoms with E-state index in [1.165, 1.54) is 6.42 Å². The molecule has 1 aliphatic carbocycles. The Morgan fingerprint density at radius 1 is 1.35 bits per heavy atom. The first-order valence-corrected chi connectivity index (χ1v) is 9.98. The molecule has 1 fully saturated rings. The zero-order valence-electron chi connectivity index (χ0n) is 15.8. The van der Waals surface area contributed by atoms with E-state index in [9.17, 15) is 20.1 Å². The molecule has 6 nitrogen and oxygen atoms in total. The number of thioether (sulfide) groups is 1. The molecule has 0 radical (unpaired) electrons. The largest absolute Gasteiger partial charge is 0.352 e. The Bertz CT molecular complexity index is 701. The van der Waals surface area contributed by atoms with Gasteiger partial charge in [0.25, 0.3) is 0 Å². The Kier molecular flexibility index (Phi) is 6.36. The Labute approximate surface area is 159 Å². The Morgan fingerprint density at radius 3 is 2.65 bits per heavy atom. The summed E-state index contributed by atoms with van der Waals surface area (Å²) in [5.41, 5.74) is -0.529. The van der Waals surface area contributed by atoms with Crippen LogP contribution in [0.3, 0.4) is 0 Å². The van der Waals surface area contributed by atoms with Crippen molar-refractivity contribution in [1.29, 1.82) is 10.5 Å². The maximum atomic E-state index is 12.4. The molecule has 4 atom stereocenters. The molecule has 0 unspecified atom stereocenters. The SMILES string of the molecule is C[C@@H]1[C@@H](C)CCC[C@H]1NC(=O)CSC1=C(C#N)C(C)(C)[C@H](C#N)C(=O)N1. The van der Waals surface area contributed by atoms with Gasteiger partial charge in [-0.25, -0.2) is 0 Å².